The molecule has 1 aromatic heterocycles. The van der Waals surface area contributed by atoms with Crippen LogP contribution in [0.1, 0.15) is 38.8 Å². The predicted octanol–water partition coefficient (Wildman–Crippen LogP) is 2.72. The van der Waals surface area contributed by atoms with Crippen molar-refractivity contribution in [2.45, 2.75) is 45.2 Å². The maximum absolute atomic E-state index is 9.08. The van der Waals surface area contributed by atoms with Gasteiger partial charge >= 0.3 is 0 Å². The number of pyridine rings is 1. The van der Waals surface area contributed by atoms with Gasteiger partial charge in [0.1, 0.15) is 6.07 Å². The molecule has 84 valence electrons. The number of anilines is 1. The first kappa shape index (κ1) is 10.9. The fourth-order valence-corrected chi connectivity index (χ4v) is 2.60. The lowest BCUT2D eigenvalue weighted by molar-refractivity contribution is 0.626. The van der Waals surface area contributed by atoms with E-state index in [1.54, 1.807) is 6.20 Å². The van der Waals surface area contributed by atoms with E-state index in [2.05, 4.69) is 29.8 Å². The predicted molar refractivity (Wildman–Crippen MR) is 64.2 cm³/mol. The first-order valence-electron chi connectivity index (χ1n) is 5.91. The second-order valence-electron chi connectivity index (χ2n) is 4.38. The van der Waals surface area contributed by atoms with Gasteiger partial charge in [-0.3, -0.25) is 0 Å². The van der Waals surface area contributed by atoms with Gasteiger partial charge in [0, 0.05) is 18.3 Å². The minimum absolute atomic E-state index is 0.515. The van der Waals surface area contributed by atoms with Crippen LogP contribution >= 0.6 is 0 Å². The van der Waals surface area contributed by atoms with E-state index in [9.17, 15) is 0 Å². The molecule has 2 heterocycles. The molecule has 0 spiro atoms. The average molecular weight is 215 g/mol. The van der Waals surface area contributed by atoms with Crippen molar-refractivity contribution in [1.82, 2.24) is 4.98 Å². The number of nitrogens with zero attached hydrogens (tertiary/aromatic N) is 3. The third-order valence-electron chi connectivity index (χ3n) is 3.43. The molecule has 0 aromatic carbocycles. The summed E-state index contributed by atoms with van der Waals surface area (Å²) in [4.78, 5) is 6.51. The molecule has 0 bridgehead atoms. The summed E-state index contributed by atoms with van der Waals surface area (Å²) < 4.78 is 0. The van der Waals surface area contributed by atoms with E-state index in [0.29, 0.717) is 17.8 Å². The monoisotopic (exact) mass is 215 g/mol. The Morgan fingerprint density at radius 1 is 1.56 bits per heavy atom. The summed E-state index contributed by atoms with van der Waals surface area (Å²) in [5, 5.41) is 9.08. The van der Waals surface area contributed by atoms with E-state index in [1.165, 1.54) is 12.8 Å². The molecule has 2 rings (SSSR count). The summed E-state index contributed by atoms with van der Waals surface area (Å²) in [6.45, 7) is 4.43. The Hall–Kier alpha value is -1.56. The van der Waals surface area contributed by atoms with Crippen LogP contribution in [0.15, 0.2) is 18.3 Å². The van der Waals surface area contributed by atoms with E-state index in [0.717, 1.165) is 12.1 Å². The first-order valence-corrected chi connectivity index (χ1v) is 5.91. The van der Waals surface area contributed by atoms with Crippen molar-refractivity contribution in [1.29, 1.82) is 5.26 Å². The van der Waals surface area contributed by atoms with Gasteiger partial charge in [-0.15, -0.1) is 0 Å². The topological polar surface area (TPSA) is 39.9 Å². The standard InChI is InChI=1S/C13H17N3/c1-3-11-7-6-10(2)16(11)13-5-4-8-15-12(13)9-14/h4-5,8,10-11H,3,6-7H2,1-2H3. The quantitative estimate of drug-likeness (QED) is 0.761. The Labute approximate surface area is 96.7 Å². The molecule has 1 aliphatic rings. The van der Waals surface area contributed by atoms with Crippen molar-refractivity contribution in [3.63, 3.8) is 0 Å². The highest BCUT2D eigenvalue weighted by atomic mass is 15.2. The molecule has 0 radical (unpaired) electrons. The first-order chi connectivity index (χ1) is 7.77. The lowest BCUT2D eigenvalue weighted by Crippen LogP contribution is -2.34. The zero-order chi connectivity index (χ0) is 11.5. The Morgan fingerprint density at radius 2 is 2.38 bits per heavy atom. The van der Waals surface area contributed by atoms with Crippen molar-refractivity contribution >= 4 is 5.69 Å². The van der Waals surface area contributed by atoms with Gasteiger partial charge in [0.25, 0.3) is 0 Å². The van der Waals surface area contributed by atoms with Crippen LogP contribution in [0.4, 0.5) is 5.69 Å². The summed E-state index contributed by atoms with van der Waals surface area (Å²) in [7, 11) is 0. The third kappa shape index (κ3) is 1.76. The number of rotatable bonds is 2. The smallest absolute Gasteiger partial charge is 0.163 e. The summed E-state index contributed by atoms with van der Waals surface area (Å²) >= 11 is 0. The van der Waals surface area contributed by atoms with E-state index >= 15 is 0 Å². The maximum atomic E-state index is 9.08. The molecule has 16 heavy (non-hydrogen) atoms. The molecule has 2 unspecified atom stereocenters. The van der Waals surface area contributed by atoms with Crippen LogP contribution < -0.4 is 4.90 Å². The van der Waals surface area contributed by atoms with E-state index in [4.69, 9.17) is 5.26 Å². The van der Waals surface area contributed by atoms with Crippen LogP contribution in [-0.2, 0) is 0 Å². The Morgan fingerprint density at radius 3 is 3.06 bits per heavy atom. The van der Waals surface area contributed by atoms with Crippen molar-refractivity contribution < 1.29 is 0 Å². The van der Waals surface area contributed by atoms with Crippen LogP contribution in [0.3, 0.4) is 0 Å². The van der Waals surface area contributed by atoms with Crippen molar-refractivity contribution in [3.05, 3.63) is 24.0 Å². The number of hydrogen-bond acceptors (Lipinski definition) is 3. The van der Waals surface area contributed by atoms with Gasteiger partial charge in [0.2, 0.25) is 0 Å². The van der Waals surface area contributed by atoms with Crippen molar-refractivity contribution in [3.8, 4) is 6.07 Å². The molecule has 3 heteroatoms. The largest absolute Gasteiger partial charge is 0.364 e. The molecule has 1 saturated heterocycles. The fraction of sp³-hybridized carbons (Fsp3) is 0.538. The van der Waals surface area contributed by atoms with Gasteiger partial charge in [-0.25, -0.2) is 4.98 Å². The van der Waals surface area contributed by atoms with Crippen LogP contribution in [0.2, 0.25) is 0 Å². The van der Waals surface area contributed by atoms with E-state index in [1.807, 2.05) is 12.1 Å². The highest BCUT2D eigenvalue weighted by Gasteiger charge is 2.30. The summed E-state index contributed by atoms with van der Waals surface area (Å²) in [5.41, 5.74) is 1.55. The van der Waals surface area contributed by atoms with Gasteiger partial charge in [0.05, 0.1) is 5.69 Å². The molecule has 0 amide bonds. The Kier molecular flexibility index (Phi) is 3.09. The second kappa shape index (κ2) is 4.52. The van der Waals surface area contributed by atoms with E-state index in [-0.39, 0.29) is 0 Å². The van der Waals surface area contributed by atoms with Crippen molar-refractivity contribution in [2.24, 2.45) is 0 Å². The minimum atomic E-state index is 0.515. The molecule has 1 aromatic rings. The second-order valence-corrected chi connectivity index (χ2v) is 4.38. The van der Waals surface area contributed by atoms with Crippen LogP contribution in [0, 0.1) is 11.3 Å². The number of hydrogen-bond donors (Lipinski definition) is 0. The van der Waals surface area contributed by atoms with Gasteiger partial charge in [0.15, 0.2) is 5.69 Å². The molecule has 1 aliphatic heterocycles. The lowest BCUT2D eigenvalue weighted by Gasteiger charge is -2.30. The van der Waals surface area contributed by atoms with Gasteiger partial charge < -0.3 is 4.90 Å². The highest BCUT2D eigenvalue weighted by molar-refractivity contribution is 5.57. The molecular weight excluding hydrogens is 198 g/mol. The molecular formula is C13H17N3. The minimum Gasteiger partial charge on any atom is -0.364 e. The van der Waals surface area contributed by atoms with Crippen LogP contribution in [-0.4, -0.2) is 17.1 Å². The molecule has 0 saturated carbocycles. The van der Waals surface area contributed by atoms with Crippen LogP contribution in [0.25, 0.3) is 0 Å². The zero-order valence-electron chi connectivity index (χ0n) is 9.85. The van der Waals surface area contributed by atoms with Gasteiger partial charge in [-0.1, -0.05) is 6.92 Å². The van der Waals surface area contributed by atoms with Gasteiger partial charge in [-0.05, 0) is 38.3 Å². The normalized spacial score (nSPS) is 24.4. The number of nitriles is 1. The summed E-state index contributed by atoms with van der Waals surface area (Å²) in [6.07, 6.45) is 5.24. The molecule has 0 aliphatic carbocycles. The zero-order valence-corrected chi connectivity index (χ0v) is 9.85. The number of aromatic nitrogens is 1. The fourth-order valence-electron chi connectivity index (χ4n) is 2.60. The van der Waals surface area contributed by atoms with Crippen molar-refractivity contribution in [2.75, 3.05) is 4.90 Å². The summed E-state index contributed by atoms with van der Waals surface area (Å²) in [5.74, 6) is 0. The third-order valence-corrected chi connectivity index (χ3v) is 3.43. The lowest BCUT2D eigenvalue weighted by atomic mass is 10.1. The molecule has 3 nitrogen and oxygen atoms in total. The molecule has 1 fully saturated rings. The Bertz CT molecular complexity index is 408. The maximum Gasteiger partial charge on any atom is 0.163 e. The summed E-state index contributed by atoms with van der Waals surface area (Å²) in [6, 6.07) is 7.18. The average Bonchev–Trinajstić information content (AvgIpc) is 2.70. The molecule has 0 N–H and O–H groups in total. The SMILES string of the molecule is CCC1CCC(C)N1c1cccnc1C#N. The van der Waals surface area contributed by atoms with Crippen LogP contribution in [0.5, 0.6) is 0 Å². The highest BCUT2D eigenvalue weighted by Crippen LogP contribution is 2.32. The Balaban J connectivity index is 2.39. The molecule has 2 atom stereocenters. The van der Waals surface area contributed by atoms with E-state index < -0.39 is 0 Å². The van der Waals surface area contributed by atoms with Gasteiger partial charge in [-0.2, -0.15) is 5.26 Å².